The fourth-order valence-electron chi connectivity index (χ4n) is 1.78. The van der Waals surface area contributed by atoms with Crippen LogP contribution in [0.25, 0.3) is 22.4 Å². The maximum atomic E-state index is 11.5. The Morgan fingerprint density at radius 3 is 2.89 bits per heavy atom. The number of nitrogens with one attached hydrogen (secondary N) is 1. The Bertz CT molecular complexity index is 834. The number of furan rings is 1. The molecule has 0 saturated heterocycles. The molecule has 0 atom stereocenters. The smallest absolute Gasteiger partial charge is 0.270 e. The number of nitrogens with zero attached hydrogens (tertiary/aromatic N) is 2. The lowest BCUT2D eigenvalue weighted by Crippen LogP contribution is -2.03. The standard InChI is InChI=1S/C12H7N3O4/c16-11-9-5-10(19-12(9)14-6-13-11)7-2-1-3-8(4-7)15(17)18/h1-6H,(H,13,14,16). The van der Waals surface area contributed by atoms with Crippen molar-refractivity contribution in [3.05, 3.63) is 57.1 Å². The molecule has 3 rings (SSSR count). The summed E-state index contributed by atoms with van der Waals surface area (Å²) in [4.78, 5) is 28.1. The highest BCUT2D eigenvalue weighted by molar-refractivity contribution is 5.79. The molecule has 7 nitrogen and oxygen atoms in total. The lowest BCUT2D eigenvalue weighted by atomic mass is 10.1. The second kappa shape index (κ2) is 4.05. The van der Waals surface area contributed by atoms with Crippen molar-refractivity contribution in [3.63, 3.8) is 0 Å². The molecule has 0 spiro atoms. The van der Waals surface area contributed by atoms with E-state index in [-0.39, 0.29) is 17.0 Å². The fraction of sp³-hybridized carbons (Fsp3) is 0. The van der Waals surface area contributed by atoms with Crippen molar-refractivity contribution in [1.29, 1.82) is 0 Å². The molecule has 0 radical (unpaired) electrons. The Labute approximate surface area is 105 Å². The first-order valence-electron chi connectivity index (χ1n) is 5.37. The molecule has 0 bridgehead atoms. The van der Waals surface area contributed by atoms with Crippen LogP contribution in [0.1, 0.15) is 0 Å². The average molecular weight is 257 g/mol. The number of benzene rings is 1. The summed E-state index contributed by atoms with van der Waals surface area (Å²) in [5.74, 6) is 0.364. The van der Waals surface area contributed by atoms with Gasteiger partial charge in [-0.15, -0.1) is 0 Å². The van der Waals surface area contributed by atoms with Crippen LogP contribution in [0.4, 0.5) is 5.69 Å². The molecule has 19 heavy (non-hydrogen) atoms. The van der Waals surface area contributed by atoms with Crippen LogP contribution in [0.5, 0.6) is 0 Å². The van der Waals surface area contributed by atoms with Gasteiger partial charge in [-0.2, -0.15) is 0 Å². The summed E-state index contributed by atoms with van der Waals surface area (Å²) >= 11 is 0. The number of nitro benzene ring substituents is 1. The minimum Gasteiger partial charge on any atom is -0.437 e. The van der Waals surface area contributed by atoms with Crippen LogP contribution in [0.3, 0.4) is 0 Å². The van der Waals surface area contributed by atoms with Gasteiger partial charge in [0.2, 0.25) is 5.71 Å². The zero-order valence-corrected chi connectivity index (χ0v) is 9.49. The van der Waals surface area contributed by atoms with Crippen molar-refractivity contribution in [2.24, 2.45) is 0 Å². The van der Waals surface area contributed by atoms with E-state index in [4.69, 9.17) is 4.42 Å². The van der Waals surface area contributed by atoms with Crippen molar-refractivity contribution in [2.45, 2.75) is 0 Å². The molecule has 94 valence electrons. The molecular formula is C12H7N3O4. The lowest BCUT2D eigenvalue weighted by Gasteiger charge is -1.95. The van der Waals surface area contributed by atoms with Gasteiger partial charge in [-0.05, 0) is 6.07 Å². The average Bonchev–Trinajstić information content (AvgIpc) is 2.84. The quantitative estimate of drug-likeness (QED) is 0.559. The molecule has 2 aromatic heterocycles. The zero-order valence-electron chi connectivity index (χ0n) is 9.49. The van der Waals surface area contributed by atoms with E-state index in [2.05, 4.69) is 9.97 Å². The SMILES string of the molecule is O=c1[nH]cnc2oc(-c3cccc([N+](=O)[O-])c3)cc12. The van der Waals surface area contributed by atoms with E-state index >= 15 is 0 Å². The zero-order chi connectivity index (χ0) is 13.4. The normalized spacial score (nSPS) is 10.7. The van der Waals surface area contributed by atoms with E-state index in [1.165, 1.54) is 24.5 Å². The van der Waals surface area contributed by atoms with Crippen molar-refractivity contribution in [3.8, 4) is 11.3 Å². The number of hydrogen-bond acceptors (Lipinski definition) is 5. The second-order valence-corrected chi connectivity index (χ2v) is 3.87. The molecule has 7 heteroatoms. The Morgan fingerprint density at radius 2 is 2.16 bits per heavy atom. The van der Waals surface area contributed by atoms with Crippen molar-refractivity contribution in [2.75, 3.05) is 0 Å². The predicted octanol–water partition coefficient (Wildman–Crippen LogP) is 2.09. The molecule has 1 N–H and O–H groups in total. The second-order valence-electron chi connectivity index (χ2n) is 3.87. The third-order valence-corrected chi connectivity index (χ3v) is 2.68. The third-order valence-electron chi connectivity index (χ3n) is 2.68. The van der Waals surface area contributed by atoms with Gasteiger partial charge in [-0.25, -0.2) is 4.98 Å². The van der Waals surface area contributed by atoms with Gasteiger partial charge in [0.1, 0.15) is 11.1 Å². The van der Waals surface area contributed by atoms with Crippen LogP contribution in [0.15, 0.2) is 45.9 Å². The number of non-ortho nitro benzene ring substituents is 1. The fourth-order valence-corrected chi connectivity index (χ4v) is 1.78. The minimum absolute atomic E-state index is 0.0418. The van der Waals surface area contributed by atoms with E-state index < -0.39 is 4.92 Å². The van der Waals surface area contributed by atoms with Gasteiger partial charge in [0.05, 0.1) is 11.3 Å². The highest BCUT2D eigenvalue weighted by Crippen LogP contribution is 2.27. The Morgan fingerprint density at radius 1 is 1.32 bits per heavy atom. The summed E-state index contributed by atoms with van der Waals surface area (Å²) < 4.78 is 5.42. The summed E-state index contributed by atoms with van der Waals surface area (Å²) in [5.41, 5.74) is 0.363. The Balaban J connectivity index is 2.19. The first kappa shape index (κ1) is 11.1. The Hall–Kier alpha value is -2.96. The number of fused-ring (bicyclic) bond motifs is 1. The molecule has 0 aliphatic heterocycles. The van der Waals surface area contributed by atoms with Gasteiger partial charge >= 0.3 is 0 Å². The van der Waals surface area contributed by atoms with Gasteiger partial charge in [0.15, 0.2) is 0 Å². The minimum atomic E-state index is -0.489. The molecule has 0 fully saturated rings. The number of aromatic nitrogens is 2. The lowest BCUT2D eigenvalue weighted by molar-refractivity contribution is -0.384. The van der Waals surface area contributed by atoms with Crippen LogP contribution in [-0.4, -0.2) is 14.9 Å². The van der Waals surface area contributed by atoms with Crippen LogP contribution in [0, 0.1) is 10.1 Å². The van der Waals surface area contributed by atoms with Crippen LogP contribution in [0.2, 0.25) is 0 Å². The van der Waals surface area contributed by atoms with Crippen molar-refractivity contribution < 1.29 is 9.34 Å². The molecule has 2 heterocycles. The maximum Gasteiger partial charge on any atom is 0.270 e. The number of aromatic amines is 1. The number of nitro groups is 1. The Kier molecular flexibility index (Phi) is 2.38. The molecular weight excluding hydrogens is 250 g/mol. The molecule has 0 aliphatic rings. The van der Waals surface area contributed by atoms with Gasteiger partial charge in [0.25, 0.3) is 11.2 Å². The van der Waals surface area contributed by atoms with E-state index in [1.807, 2.05) is 0 Å². The summed E-state index contributed by atoms with van der Waals surface area (Å²) in [6, 6.07) is 7.50. The highest BCUT2D eigenvalue weighted by Gasteiger charge is 2.12. The summed E-state index contributed by atoms with van der Waals surface area (Å²) in [5, 5.41) is 11.0. The summed E-state index contributed by atoms with van der Waals surface area (Å²) in [6.07, 6.45) is 1.24. The third kappa shape index (κ3) is 1.86. The molecule has 0 amide bonds. The molecule has 0 aliphatic carbocycles. The van der Waals surface area contributed by atoms with E-state index in [1.54, 1.807) is 12.1 Å². The topological polar surface area (TPSA) is 102 Å². The maximum absolute atomic E-state index is 11.5. The van der Waals surface area contributed by atoms with Crippen molar-refractivity contribution >= 4 is 16.8 Å². The molecule has 1 aromatic carbocycles. The number of hydrogen-bond donors (Lipinski definition) is 1. The monoisotopic (exact) mass is 257 g/mol. The van der Waals surface area contributed by atoms with Gasteiger partial charge in [0, 0.05) is 17.7 Å². The van der Waals surface area contributed by atoms with Crippen LogP contribution in [-0.2, 0) is 0 Å². The predicted molar refractivity (Wildman–Crippen MR) is 66.7 cm³/mol. The van der Waals surface area contributed by atoms with Gasteiger partial charge in [-0.3, -0.25) is 14.9 Å². The van der Waals surface area contributed by atoms with Crippen LogP contribution < -0.4 is 5.56 Å². The van der Waals surface area contributed by atoms with E-state index in [9.17, 15) is 14.9 Å². The van der Waals surface area contributed by atoms with Crippen LogP contribution >= 0.6 is 0 Å². The van der Waals surface area contributed by atoms with Crippen molar-refractivity contribution in [1.82, 2.24) is 9.97 Å². The van der Waals surface area contributed by atoms with Gasteiger partial charge < -0.3 is 9.40 Å². The first-order valence-corrected chi connectivity index (χ1v) is 5.37. The number of H-pyrrole nitrogens is 1. The van der Waals surface area contributed by atoms with Gasteiger partial charge in [-0.1, -0.05) is 12.1 Å². The number of rotatable bonds is 2. The first-order chi connectivity index (χ1) is 9.15. The van der Waals surface area contributed by atoms with E-state index in [0.717, 1.165) is 0 Å². The highest BCUT2D eigenvalue weighted by atomic mass is 16.6. The molecule has 3 aromatic rings. The molecule has 0 saturated carbocycles. The largest absolute Gasteiger partial charge is 0.437 e. The summed E-state index contributed by atoms with van der Waals surface area (Å²) in [6.45, 7) is 0. The summed E-state index contributed by atoms with van der Waals surface area (Å²) in [7, 11) is 0. The van der Waals surface area contributed by atoms with E-state index in [0.29, 0.717) is 16.7 Å². The molecule has 0 unspecified atom stereocenters.